The monoisotopic (exact) mass is 283 g/mol. The number of carbonyl (C=O) groups is 2. The van der Waals surface area contributed by atoms with Crippen LogP contribution < -0.4 is 0 Å². The summed E-state index contributed by atoms with van der Waals surface area (Å²) in [6.45, 7) is 7.11. The van der Waals surface area contributed by atoms with Gasteiger partial charge in [0.05, 0.1) is 24.0 Å². The van der Waals surface area contributed by atoms with Crippen LogP contribution in [0, 0.1) is 17.8 Å². The van der Waals surface area contributed by atoms with E-state index in [1.807, 2.05) is 13.8 Å². The maximum absolute atomic E-state index is 12.7. The fourth-order valence-electron chi connectivity index (χ4n) is 3.61. The van der Waals surface area contributed by atoms with Gasteiger partial charge in [0.25, 0.3) is 0 Å². The molecule has 1 aliphatic carbocycles. The molecule has 5 nitrogen and oxygen atoms in total. The van der Waals surface area contributed by atoms with Crippen molar-refractivity contribution >= 4 is 11.9 Å². The first-order chi connectivity index (χ1) is 9.42. The average molecular weight is 283 g/mol. The minimum absolute atomic E-state index is 0.00958. The second-order valence-electron chi connectivity index (χ2n) is 6.30. The molecule has 5 unspecified atom stereocenters. The molecule has 1 heterocycles. The highest BCUT2D eigenvalue weighted by Crippen LogP contribution is 2.39. The minimum Gasteiger partial charge on any atom is -0.481 e. The molecule has 0 aromatic rings. The Morgan fingerprint density at radius 1 is 1.15 bits per heavy atom. The van der Waals surface area contributed by atoms with Crippen molar-refractivity contribution in [3.63, 3.8) is 0 Å². The first kappa shape index (κ1) is 15.3. The van der Waals surface area contributed by atoms with Crippen molar-refractivity contribution in [1.82, 2.24) is 4.90 Å². The van der Waals surface area contributed by atoms with Crippen molar-refractivity contribution in [2.24, 2.45) is 17.8 Å². The first-order valence-corrected chi connectivity index (χ1v) is 7.59. The fraction of sp³-hybridized carbons (Fsp3) is 0.867. The Morgan fingerprint density at radius 3 is 2.20 bits per heavy atom. The smallest absolute Gasteiger partial charge is 0.307 e. The van der Waals surface area contributed by atoms with Crippen LogP contribution in [0.5, 0.6) is 0 Å². The highest BCUT2D eigenvalue weighted by Gasteiger charge is 2.44. The molecule has 1 N–H and O–H groups in total. The molecular weight excluding hydrogens is 258 g/mol. The highest BCUT2D eigenvalue weighted by atomic mass is 16.5. The maximum atomic E-state index is 12.7. The van der Waals surface area contributed by atoms with Crippen LogP contribution in [0.1, 0.15) is 40.0 Å². The summed E-state index contributed by atoms with van der Waals surface area (Å²) in [4.78, 5) is 25.9. The topological polar surface area (TPSA) is 66.8 Å². The van der Waals surface area contributed by atoms with Crippen LogP contribution in [0.3, 0.4) is 0 Å². The molecule has 0 aromatic heterocycles. The highest BCUT2D eigenvalue weighted by molar-refractivity contribution is 5.85. The van der Waals surface area contributed by atoms with E-state index in [1.54, 1.807) is 4.90 Å². The number of ether oxygens (including phenoxy) is 1. The van der Waals surface area contributed by atoms with Crippen molar-refractivity contribution in [3.8, 4) is 0 Å². The van der Waals surface area contributed by atoms with E-state index in [-0.39, 0.29) is 24.0 Å². The second-order valence-corrected chi connectivity index (χ2v) is 6.30. The first-order valence-electron chi connectivity index (χ1n) is 7.59. The van der Waals surface area contributed by atoms with Crippen LogP contribution in [0.25, 0.3) is 0 Å². The lowest BCUT2D eigenvalue weighted by Crippen LogP contribution is -2.50. The molecule has 5 heteroatoms. The van der Waals surface area contributed by atoms with Crippen LogP contribution in [0.4, 0.5) is 0 Å². The van der Waals surface area contributed by atoms with Crippen LogP contribution in [0.2, 0.25) is 0 Å². The lowest BCUT2D eigenvalue weighted by Gasteiger charge is -2.37. The standard InChI is InChI=1S/C15H25NO4/c1-4-11-5-12(13(6-11)15(18)19)14(17)16-7-9(2)20-10(3)8-16/h9-13H,4-8H2,1-3H3,(H,18,19). The van der Waals surface area contributed by atoms with Gasteiger partial charge < -0.3 is 14.7 Å². The normalized spacial score (nSPS) is 38.0. The van der Waals surface area contributed by atoms with E-state index < -0.39 is 11.9 Å². The zero-order valence-electron chi connectivity index (χ0n) is 12.5. The van der Waals surface area contributed by atoms with E-state index in [0.29, 0.717) is 31.8 Å². The van der Waals surface area contributed by atoms with E-state index in [9.17, 15) is 14.7 Å². The quantitative estimate of drug-likeness (QED) is 0.857. The Bertz CT molecular complexity index is 374. The molecule has 0 spiro atoms. The maximum Gasteiger partial charge on any atom is 0.307 e. The molecule has 5 atom stereocenters. The number of aliphatic carboxylic acids is 1. The summed E-state index contributed by atoms with van der Waals surface area (Å²) in [6.07, 6.45) is 2.34. The number of hydrogen-bond donors (Lipinski definition) is 1. The minimum atomic E-state index is -0.825. The average Bonchev–Trinajstić information content (AvgIpc) is 2.81. The summed E-state index contributed by atoms with van der Waals surface area (Å²) < 4.78 is 5.64. The van der Waals surface area contributed by atoms with Crippen LogP contribution in [-0.2, 0) is 14.3 Å². The third-order valence-corrected chi connectivity index (χ3v) is 4.60. The van der Waals surface area contributed by atoms with Crippen LogP contribution in [0.15, 0.2) is 0 Å². The predicted molar refractivity (Wildman–Crippen MR) is 74.2 cm³/mol. The van der Waals surface area contributed by atoms with Gasteiger partial charge in [-0.25, -0.2) is 0 Å². The van der Waals surface area contributed by atoms with E-state index in [0.717, 1.165) is 6.42 Å². The number of carboxylic acids is 1. The van der Waals surface area contributed by atoms with E-state index >= 15 is 0 Å². The van der Waals surface area contributed by atoms with Gasteiger partial charge in [-0.1, -0.05) is 13.3 Å². The third kappa shape index (κ3) is 3.14. The molecule has 20 heavy (non-hydrogen) atoms. The number of morpholine rings is 1. The van der Waals surface area contributed by atoms with E-state index in [1.165, 1.54) is 0 Å². The summed E-state index contributed by atoms with van der Waals surface area (Å²) in [5, 5.41) is 9.35. The van der Waals surface area contributed by atoms with Crippen molar-refractivity contribution < 1.29 is 19.4 Å². The van der Waals surface area contributed by atoms with Crippen molar-refractivity contribution in [2.45, 2.75) is 52.2 Å². The Labute approximate surface area is 120 Å². The molecule has 0 bridgehead atoms. The van der Waals surface area contributed by atoms with Crippen LogP contribution >= 0.6 is 0 Å². The molecule has 1 saturated heterocycles. The van der Waals surface area contributed by atoms with E-state index in [2.05, 4.69) is 6.92 Å². The number of carbonyl (C=O) groups excluding carboxylic acids is 1. The summed E-state index contributed by atoms with van der Waals surface area (Å²) in [5.74, 6) is -1.32. The summed E-state index contributed by atoms with van der Waals surface area (Å²) in [7, 11) is 0. The summed E-state index contributed by atoms with van der Waals surface area (Å²) in [5.41, 5.74) is 0. The molecule has 1 aliphatic heterocycles. The molecular formula is C15H25NO4. The van der Waals surface area contributed by atoms with Gasteiger partial charge in [0.15, 0.2) is 0 Å². The number of hydrogen-bond acceptors (Lipinski definition) is 3. The zero-order chi connectivity index (χ0) is 14.9. The van der Waals surface area contributed by atoms with Gasteiger partial charge in [-0.3, -0.25) is 9.59 Å². The largest absolute Gasteiger partial charge is 0.481 e. The fourth-order valence-corrected chi connectivity index (χ4v) is 3.61. The molecule has 2 aliphatic rings. The van der Waals surface area contributed by atoms with E-state index in [4.69, 9.17) is 4.74 Å². The number of nitrogens with zero attached hydrogens (tertiary/aromatic N) is 1. The van der Waals surface area contributed by atoms with Gasteiger partial charge in [0.2, 0.25) is 5.91 Å². The third-order valence-electron chi connectivity index (χ3n) is 4.60. The lowest BCUT2D eigenvalue weighted by molar-refractivity contribution is -0.154. The molecule has 2 fully saturated rings. The summed E-state index contributed by atoms with van der Waals surface area (Å²) in [6, 6.07) is 0. The second kappa shape index (κ2) is 6.12. The molecule has 1 saturated carbocycles. The Kier molecular flexibility index (Phi) is 4.68. The van der Waals surface area contributed by atoms with Crippen molar-refractivity contribution in [3.05, 3.63) is 0 Å². The molecule has 0 aromatic carbocycles. The molecule has 2 rings (SSSR count). The van der Waals surface area contributed by atoms with Crippen molar-refractivity contribution in [2.75, 3.05) is 13.1 Å². The van der Waals surface area contributed by atoms with Crippen LogP contribution in [-0.4, -0.2) is 47.2 Å². The van der Waals surface area contributed by atoms with Gasteiger partial charge in [-0.05, 0) is 32.6 Å². The Morgan fingerprint density at radius 2 is 1.70 bits per heavy atom. The van der Waals surface area contributed by atoms with Gasteiger partial charge >= 0.3 is 5.97 Å². The number of rotatable bonds is 3. The van der Waals surface area contributed by atoms with Crippen molar-refractivity contribution in [1.29, 1.82) is 0 Å². The zero-order valence-corrected chi connectivity index (χ0v) is 12.5. The molecule has 0 radical (unpaired) electrons. The molecule has 1 amide bonds. The summed E-state index contributed by atoms with van der Waals surface area (Å²) >= 11 is 0. The van der Waals surface area contributed by atoms with Gasteiger partial charge in [0, 0.05) is 13.1 Å². The molecule has 114 valence electrons. The predicted octanol–water partition coefficient (Wildman–Crippen LogP) is 1.76. The SMILES string of the molecule is CCC1CC(C(=O)O)C(C(=O)N2CC(C)OC(C)C2)C1. The van der Waals surface area contributed by atoms with Gasteiger partial charge in [-0.15, -0.1) is 0 Å². The lowest BCUT2D eigenvalue weighted by atomic mass is 9.94. The number of carboxylic acid groups (broad SMARTS) is 1. The Balaban J connectivity index is 2.08. The van der Waals surface area contributed by atoms with Gasteiger partial charge in [-0.2, -0.15) is 0 Å². The van der Waals surface area contributed by atoms with Gasteiger partial charge in [0.1, 0.15) is 0 Å². The number of amides is 1. The Hall–Kier alpha value is -1.10.